The lowest BCUT2D eigenvalue weighted by atomic mass is 10.2. The first-order valence-electron chi connectivity index (χ1n) is 6.11. The molecule has 1 heterocycles. The molecule has 3 nitrogen and oxygen atoms in total. The molecular formula is C16H19N3. The molecule has 0 saturated heterocycles. The first-order valence-corrected chi connectivity index (χ1v) is 6.11. The van der Waals surface area contributed by atoms with E-state index in [4.69, 9.17) is 0 Å². The highest BCUT2D eigenvalue weighted by Crippen LogP contribution is 2.17. The van der Waals surface area contributed by atoms with E-state index in [0.717, 1.165) is 11.4 Å². The highest BCUT2D eigenvalue weighted by molar-refractivity contribution is 5.71. The molecule has 0 amide bonds. The third-order valence-corrected chi connectivity index (χ3v) is 2.96. The molecular weight excluding hydrogens is 234 g/mol. The van der Waals surface area contributed by atoms with Crippen LogP contribution in [0.5, 0.6) is 0 Å². The number of rotatable bonds is 3. The Bertz CT molecular complexity index is 583. The maximum atomic E-state index is 4.04. The summed E-state index contributed by atoms with van der Waals surface area (Å²) in [6.45, 7) is 0. The van der Waals surface area contributed by atoms with E-state index in [-0.39, 0.29) is 0 Å². The molecule has 0 N–H and O–H groups in total. The normalized spacial score (nSPS) is 11.4. The van der Waals surface area contributed by atoms with Crippen molar-refractivity contribution in [3.8, 4) is 0 Å². The lowest BCUT2D eigenvalue weighted by Crippen LogP contribution is -2.31. The third-order valence-electron chi connectivity index (χ3n) is 2.96. The van der Waals surface area contributed by atoms with E-state index in [2.05, 4.69) is 43.3 Å². The number of hydrogen-bond acceptors (Lipinski definition) is 1. The minimum absolute atomic E-state index is 0.995. The predicted octanol–water partition coefficient (Wildman–Crippen LogP) is 2.23. The molecule has 0 radical (unpaired) electrons. The summed E-state index contributed by atoms with van der Waals surface area (Å²) < 4.78 is 3.66. The largest absolute Gasteiger partial charge is 0.378 e. The van der Waals surface area contributed by atoms with Crippen LogP contribution >= 0.6 is 0 Å². The van der Waals surface area contributed by atoms with Crippen LogP contribution in [0.4, 0.5) is 11.4 Å². The van der Waals surface area contributed by atoms with Crippen molar-refractivity contribution in [1.29, 1.82) is 0 Å². The van der Waals surface area contributed by atoms with Gasteiger partial charge in [-0.2, -0.15) is 0 Å². The Morgan fingerprint density at radius 1 is 1.11 bits per heavy atom. The van der Waals surface area contributed by atoms with E-state index in [1.165, 1.54) is 5.69 Å². The van der Waals surface area contributed by atoms with Crippen molar-refractivity contribution in [1.82, 2.24) is 0 Å². The second-order valence-corrected chi connectivity index (χ2v) is 4.61. The van der Waals surface area contributed by atoms with Crippen LogP contribution in [0.15, 0.2) is 48.7 Å². The van der Waals surface area contributed by atoms with Crippen LogP contribution in [0.2, 0.25) is 0 Å². The van der Waals surface area contributed by atoms with E-state index in [1.54, 1.807) is 0 Å². The van der Waals surface area contributed by atoms with Crippen LogP contribution in [0.3, 0.4) is 0 Å². The lowest BCUT2D eigenvalue weighted by Gasteiger charge is -2.13. The van der Waals surface area contributed by atoms with Gasteiger partial charge < -0.3 is 14.0 Å². The summed E-state index contributed by atoms with van der Waals surface area (Å²) in [4.78, 5) is 2.07. The Labute approximate surface area is 115 Å². The summed E-state index contributed by atoms with van der Waals surface area (Å²) in [5.41, 5.74) is 3.20. The SMILES string of the molecule is [CH2-][N+](=Cc1cccc[n+]1[CH2-])c1ccc(N(C)C)cc1. The number of benzene rings is 1. The summed E-state index contributed by atoms with van der Waals surface area (Å²) in [5.74, 6) is 0. The fourth-order valence-electron chi connectivity index (χ4n) is 1.78. The van der Waals surface area contributed by atoms with Gasteiger partial charge in [-0.05, 0) is 24.3 Å². The second-order valence-electron chi connectivity index (χ2n) is 4.61. The van der Waals surface area contributed by atoms with E-state index in [1.807, 2.05) is 53.8 Å². The number of nitrogens with zero attached hydrogens (tertiary/aromatic N) is 3. The van der Waals surface area contributed by atoms with Gasteiger partial charge in [-0.15, -0.1) is 0 Å². The van der Waals surface area contributed by atoms with Crippen LogP contribution in [-0.4, -0.2) is 24.9 Å². The van der Waals surface area contributed by atoms with Crippen LogP contribution in [-0.2, 0) is 0 Å². The topological polar surface area (TPSA) is 10.1 Å². The van der Waals surface area contributed by atoms with Gasteiger partial charge in [0.1, 0.15) is 11.4 Å². The zero-order valence-electron chi connectivity index (χ0n) is 11.5. The Hall–Kier alpha value is -2.42. The molecule has 0 saturated carbocycles. The molecule has 0 spiro atoms. The Morgan fingerprint density at radius 3 is 2.37 bits per heavy atom. The van der Waals surface area contributed by atoms with Gasteiger partial charge in [0, 0.05) is 33.9 Å². The van der Waals surface area contributed by atoms with E-state index < -0.39 is 0 Å². The molecule has 19 heavy (non-hydrogen) atoms. The molecule has 0 aliphatic rings. The first-order chi connectivity index (χ1) is 9.08. The molecule has 2 aromatic rings. The molecule has 3 heteroatoms. The molecule has 1 aromatic carbocycles. The van der Waals surface area contributed by atoms with Crippen molar-refractivity contribution < 1.29 is 9.14 Å². The second kappa shape index (κ2) is 5.48. The molecule has 0 aliphatic heterocycles. The summed E-state index contributed by atoms with van der Waals surface area (Å²) in [5, 5.41) is 0. The lowest BCUT2D eigenvalue weighted by molar-refractivity contribution is -0.615. The van der Waals surface area contributed by atoms with Gasteiger partial charge in [0.05, 0.1) is 12.4 Å². The van der Waals surface area contributed by atoms with Crippen molar-refractivity contribution >= 4 is 17.6 Å². The number of aromatic nitrogens is 1. The maximum absolute atomic E-state index is 4.04. The molecule has 1 aromatic heterocycles. The third kappa shape index (κ3) is 3.07. The average Bonchev–Trinajstić information content (AvgIpc) is 2.41. The highest BCUT2D eigenvalue weighted by atomic mass is 15.1. The van der Waals surface area contributed by atoms with Gasteiger partial charge in [-0.1, -0.05) is 18.2 Å². The predicted molar refractivity (Wildman–Crippen MR) is 78.6 cm³/mol. The van der Waals surface area contributed by atoms with E-state index >= 15 is 0 Å². The summed E-state index contributed by atoms with van der Waals surface area (Å²) >= 11 is 0. The summed E-state index contributed by atoms with van der Waals surface area (Å²) in [6, 6.07) is 14.2. The molecule has 0 atom stereocenters. The zero-order chi connectivity index (χ0) is 13.8. The fourth-order valence-corrected chi connectivity index (χ4v) is 1.78. The van der Waals surface area contributed by atoms with Crippen molar-refractivity contribution in [3.05, 3.63) is 68.5 Å². The van der Waals surface area contributed by atoms with Crippen molar-refractivity contribution in [2.24, 2.45) is 0 Å². The van der Waals surface area contributed by atoms with Gasteiger partial charge in [0.25, 0.3) is 0 Å². The monoisotopic (exact) mass is 253 g/mol. The van der Waals surface area contributed by atoms with E-state index in [0.29, 0.717) is 0 Å². The van der Waals surface area contributed by atoms with Crippen molar-refractivity contribution in [2.45, 2.75) is 0 Å². The Balaban J connectivity index is 2.29. The average molecular weight is 253 g/mol. The molecule has 2 rings (SSSR count). The minimum atomic E-state index is 0.995. The number of anilines is 1. The van der Waals surface area contributed by atoms with Gasteiger partial charge in [-0.3, -0.25) is 0 Å². The smallest absolute Gasteiger partial charge is 0.112 e. The van der Waals surface area contributed by atoms with Gasteiger partial charge in [0.15, 0.2) is 0 Å². The molecule has 0 unspecified atom stereocenters. The van der Waals surface area contributed by atoms with Gasteiger partial charge in [-0.25, -0.2) is 0 Å². The Kier molecular flexibility index (Phi) is 3.76. The van der Waals surface area contributed by atoms with Crippen molar-refractivity contribution in [2.75, 3.05) is 19.0 Å². The highest BCUT2D eigenvalue weighted by Gasteiger charge is 1.99. The molecule has 0 aliphatic carbocycles. The minimum Gasteiger partial charge on any atom is -0.378 e. The number of pyridine rings is 1. The van der Waals surface area contributed by atoms with Crippen molar-refractivity contribution in [3.63, 3.8) is 0 Å². The van der Waals surface area contributed by atoms with E-state index in [9.17, 15) is 0 Å². The van der Waals surface area contributed by atoms with Crippen LogP contribution < -0.4 is 9.47 Å². The first kappa shape index (κ1) is 13.0. The molecule has 0 fully saturated rings. The van der Waals surface area contributed by atoms with Gasteiger partial charge >= 0.3 is 0 Å². The van der Waals surface area contributed by atoms with Crippen LogP contribution in [0, 0.1) is 14.1 Å². The quantitative estimate of drug-likeness (QED) is 0.463. The van der Waals surface area contributed by atoms with Crippen LogP contribution in [0.25, 0.3) is 0 Å². The maximum Gasteiger partial charge on any atom is 0.112 e. The van der Waals surface area contributed by atoms with Crippen LogP contribution in [0.1, 0.15) is 5.69 Å². The number of hydrogen-bond donors (Lipinski definition) is 0. The Morgan fingerprint density at radius 2 is 1.79 bits per heavy atom. The molecule has 0 bridgehead atoms. The van der Waals surface area contributed by atoms with Gasteiger partial charge in [0.2, 0.25) is 0 Å². The molecule has 98 valence electrons. The fraction of sp³-hybridized carbons (Fsp3) is 0.125. The standard InChI is InChI=1S/C16H19N3/c1-17(2)14-8-10-15(11-9-14)19(4)13-16-7-5-6-12-18(16)3/h5-13H,3-4H2,1-2H3. The zero-order valence-corrected chi connectivity index (χ0v) is 11.5. The summed E-state index contributed by atoms with van der Waals surface area (Å²) in [6.07, 6.45) is 3.87. The summed E-state index contributed by atoms with van der Waals surface area (Å²) in [7, 11) is 12.0.